The molecule has 4 nitrogen and oxygen atoms in total. The third-order valence-electron chi connectivity index (χ3n) is 1.89. The highest BCUT2D eigenvalue weighted by molar-refractivity contribution is 6.08. The van der Waals surface area contributed by atoms with E-state index in [-0.39, 0.29) is 11.7 Å². The third kappa shape index (κ3) is 1.64. The largest absolute Gasteiger partial charge is 0.423 e. The van der Waals surface area contributed by atoms with Crippen molar-refractivity contribution in [1.82, 2.24) is 4.90 Å². The van der Waals surface area contributed by atoms with E-state index in [2.05, 4.69) is 0 Å². The fourth-order valence-electron chi connectivity index (χ4n) is 1.26. The van der Waals surface area contributed by atoms with Crippen LogP contribution in [0.1, 0.15) is 34.6 Å². The molecular formula is C10H15NO3. The van der Waals surface area contributed by atoms with Crippen molar-refractivity contribution in [2.45, 2.75) is 40.2 Å². The Labute approximate surface area is 83.5 Å². The van der Waals surface area contributed by atoms with E-state index in [1.54, 1.807) is 34.6 Å². The number of ether oxygens (including phenoxy) is 1. The van der Waals surface area contributed by atoms with Crippen LogP contribution in [0.25, 0.3) is 0 Å². The molecule has 0 aromatic carbocycles. The maximum Gasteiger partial charge on any atom is 0.423 e. The highest BCUT2D eigenvalue weighted by Gasteiger charge is 2.43. The maximum absolute atomic E-state index is 11.7. The molecule has 1 aliphatic rings. The van der Waals surface area contributed by atoms with Crippen LogP contribution in [0.3, 0.4) is 0 Å². The molecule has 0 unspecified atom stereocenters. The van der Waals surface area contributed by atoms with E-state index in [1.807, 2.05) is 0 Å². The van der Waals surface area contributed by atoms with Gasteiger partial charge in [-0.2, -0.15) is 0 Å². The predicted molar refractivity (Wildman–Crippen MR) is 51.5 cm³/mol. The van der Waals surface area contributed by atoms with Crippen molar-refractivity contribution in [2.24, 2.45) is 0 Å². The molecule has 0 aromatic rings. The van der Waals surface area contributed by atoms with Crippen LogP contribution in [0, 0.1) is 0 Å². The van der Waals surface area contributed by atoms with Crippen molar-refractivity contribution in [1.29, 1.82) is 0 Å². The van der Waals surface area contributed by atoms with Crippen molar-refractivity contribution in [3.63, 3.8) is 0 Å². The Balaban J connectivity index is 3.11. The molecule has 0 aromatic heterocycles. The molecule has 0 atom stereocenters. The first-order valence-corrected chi connectivity index (χ1v) is 4.49. The van der Waals surface area contributed by atoms with E-state index in [0.717, 1.165) is 10.5 Å². The van der Waals surface area contributed by atoms with E-state index in [1.165, 1.54) is 0 Å². The lowest BCUT2D eigenvalue weighted by Crippen LogP contribution is -2.44. The highest BCUT2D eigenvalue weighted by atomic mass is 16.6. The van der Waals surface area contributed by atoms with Crippen LogP contribution in [0.4, 0.5) is 4.79 Å². The number of nitrogens with zero attached hydrogens (tertiary/aromatic N) is 1. The first-order valence-electron chi connectivity index (χ1n) is 4.49. The van der Waals surface area contributed by atoms with Gasteiger partial charge < -0.3 is 4.74 Å². The highest BCUT2D eigenvalue weighted by Crippen LogP contribution is 2.26. The number of imide groups is 1. The summed E-state index contributed by atoms with van der Waals surface area (Å²) in [4.78, 5) is 24.3. The lowest BCUT2D eigenvalue weighted by Gasteiger charge is -2.26. The van der Waals surface area contributed by atoms with Gasteiger partial charge in [-0.3, -0.25) is 4.79 Å². The molecule has 0 aliphatic carbocycles. The molecule has 1 saturated heterocycles. The van der Waals surface area contributed by atoms with Crippen LogP contribution in [-0.2, 0) is 9.53 Å². The first kappa shape index (κ1) is 10.8. The van der Waals surface area contributed by atoms with Crippen molar-refractivity contribution in [3.8, 4) is 0 Å². The summed E-state index contributed by atoms with van der Waals surface area (Å²) in [5.41, 5.74) is 0.181. The minimum Gasteiger partial charge on any atom is -0.404 e. The molecule has 14 heavy (non-hydrogen) atoms. The minimum absolute atomic E-state index is 0.157. The van der Waals surface area contributed by atoms with E-state index >= 15 is 0 Å². The zero-order chi connectivity index (χ0) is 11.1. The van der Waals surface area contributed by atoms with Crippen LogP contribution in [0.2, 0.25) is 0 Å². The lowest BCUT2D eigenvalue weighted by molar-refractivity contribution is -0.126. The number of allylic oxidation sites excluding steroid dienone is 1. The molecule has 1 fully saturated rings. The first-order chi connectivity index (χ1) is 6.25. The zero-order valence-corrected chi connectivity index (χ0v) is 9.17. The Morgan fingerprint density at radius 3 is 1.93 bits per heavy atom. The zero-order valence-electron chi connectivity index (χ0n) is 9.17. The van der Waals surface area contributed by atoms with Crippen molar-refractivity contribution in [2.75, 3.05) is 0 Å². The second kappa shape index (κ2) is 3.12. The Morgan fingerprint density at radius 2 is 1.71 bits per heavy atom. The summed E-state index contributed by atoms with van der Waals surface area (Å²) in [5, 5.41) is 0. The summed E-state index contributed by atoms with van der Waals surface area (Å²) >= 11 is 0. The maximum atomic E-state index is 11.7. The molecule has 0 bridgehead atoms. The number of hydrogen-bond donors (Lipinski definition) is 0. The topological polar surface area (TPSA) is 46.6 Å². The molecule has 4 heteroatoms. The molecular weight excluding hydrogens is 182 g/mol. The molecule has 78 valence electrons. The normalized spacial score (nSPS) is 17.5. The van der Waals surface area contributed by atoms with Gasteiger partial charge in [-0.15, -0.1) is 0 Å². The van der Waals surface area contributed by atoms with Crippen LogP contribution in [0.5, 0.6) is 0 Å². The van der Waals surface area contributed by atoms with Crippen molar-refractivity contribution < 1.29 is 14.3 Å². The molecule has 1 heterocycles. The summed E-state index contributed by atoms with van der Waals surface area (Å²) in [5.74, 6) is -0.188. The fraction of sp³-hybridized carbons (Fsp3) is 0.600. The predicted octanol–water partition coefficient (Wildman–Crippen LogP) is 2.06. The molecule has 1 rings (SSSR count). The Bertz CT molecular complexity index is 319. The molecule has 0 N–H and O–H groups in total. The fourth-order valence-corrected chi connectivity index (χ4v) is 1.26. The number of amides is 2. The Kier molecular flexibility index (Phi) is 2.39. The number of rotatable bonds is 0. The average molecular weight is 197 g/mol. The van der Waals surface area contributed by atoms with Crippen LogP contribution >= 0.6 is 0 Å². The van der Waals surface area contributed by atoms with Gasteiger partial charge in [-0.05, 0) is 40.2 Å². The molecule has 2 amide bonds. The van der Waals surface area contributed by atoms with E-state index in [9.17, 15) is 9.59 Å². The van der Waals surface area contributed by atoms with Gasteiger partial charge in [0.1, 0.15) is 0 Å². The van der Waals surface area contributed by atoms with Gasteiger partial charge in [0, 0.05) is 5.54 Å². The second-order valence-electron chi connectivity index (χ2n) is 4.51. The quantitative estimate of drug-likeness (QED) is 0.558. The van der Waals surface area contributed by atoms with E-state index in [0.29, 0.717) is 0 Å². The number of carbonyl (C=O) groups is 2. The van der Waals surface area contributed by atoms with Gasteiger partial charge >= 0.3 is 6.09 Å². The summed E-state index contributed by atoms with van der Waals surface area (Å²) in [6.07, 6.45) is -0.585. The third-order valence-corrected chi connectivity index (χ3v) is 1.89. The van der Waals surface area contributed by atoms with Gasteiger partial charge in [0.2, 0.25) is 0 Å². The summed E-state index contributed by atoms with van der Waals surface area (Å²) < 4.78 is 4.89. The molecule has 0 saturated carbocycles. The standard InChI is InChI=1S/C10H15NO3/c1-6(2)7-8(12)11(9(13)14-7)10(3,4)5/h1-5H3. The van der Waals surface area contributed by atoms with Gasteiger partial charge in [0.05, 0.1) is 0 Å². The van der Waals surface area contributed by atoms with Crippen molar-refractivity contribution >= 4 is 12.0 Å². The average Bonchev–Trinajstić information content (AvgIpc) is 2.24. The Hall–Kier alpha value is -1.32. The smallest absolute Gasteiger partial charge is 0.404 e. The number of hydrogen-bond acceptors (Lipinski definition) is 3. The Morgan fingerprint density at radius 1 is 1.21 bits per heavy atom. The monoisotopic (exact) mass is 197 g/mol. The van der Waals surface area contributed by atoms with Gasteiger partial charge in [-0.25, -0.2) is 9.69 Å². The second-order valence-corrected chi connectivity index (χ2v) is 4.51. The summed E-state index contributed by atoms with van der Waals surface area (Å²) in [6.45, 7) is 8.86. The van der Waals surface area contributed by atoms with Gasteiger partial charge in [0.15, 0.2) is 5.76 Å². The minimum atomic E-state index is -0.585. The van der Waals surface area contributed by atoms with Crippen LogP contribution in [-0.4, -0.2) is 22.4 Å². The van der Waals surface area contributed by atoms with Crippen molar-refractivity contribution in [3.05, 3.63) is 11.3 Å². The number of cyclic esters (lactones) is 1. The van der Waals surface area contributed by atoms with E-state index < -0.39 is 11.6 Å². The van der Waals surface area contributed by atoms with Crippen LogP contribution in [0.15, 0.2) is 11.3 Å². The molecule has 0 radical (unpaired) electrons. The van der Waals surface area contributed by atoms with Crippen LogP contribution < -0.4 is 0 Å². The van der Waals surface area contributed by atoms with Gasteiger partial charge in [-0.1, -0.05) is 0 Å². The SMILES string of the molecule is CC(C)=C1OC(=O)N(C(C)(C)C)C1=O. The number of carbonyl (C=O) groups excluding carboxylic acids is 2. The summed E-state index contributed by atoms with van der Waals surface area (Å²) in [6, 6.07) is 0. The summed E-state index contributed by atoms with van der Waals surface area (Å²) in [7, 11) is 0. The van der Waals surface area contributed by atoms with Gasteiger partial charge in [0.25, 0.3) is 5.91 Å². The lowest BCUT2D eigenvalue weighted by atomic mass is 10.1. The molecule has 0 spiro atoms. The molecule has 1 aliphatic heterocycles. The van der Waals surface area contributed by atoms with E-state index in [4.69, 9.17) is 4.74 Å².